The molecule has 0 aliphatic heterocycles. The van der Waals surface area contributed by atoms with Crippen LogP contribution >= 0.6 is 11.6 Å². The highest BCUT2D eigenvalue weighted by Gasteiger charge is 2.15. The summed E-state index contributed by atoms with van der Waals surface area (Å²) in [4.78, 5) is 2.25. The number of benzene rings is 1. The summed E-state index contributed by atoms with van der Waals surface area (Å²) in [5, 5.41) is 10.8. The van der Waals surface area contributed by atoms with Gasteiger partial charge < -0.3 is 5.11 Å². The first-order valence-electron chi connectivity index (χ1n) is 6.81. The van der Waals surface area contributed by atoms with E-state index in [1.54, 1.807) is 0 Å². The third-order valence-corrected chi connectivity index (χ3v) is 3.58. The molecule has 106 valence electrons. The van der Waals surface area contributed by atoms with Crippen LogP contribution in [-0.4, -0.2) is 28.7 Å². The Morgan fingerprint density at radius 3 is 2.63 bits per heavy atom. The van der Waals surface area contributed by atoms with Crippen LogP contribution in [0.3, 0.4) is 0 Å². The van der Waals surface area contributed by atoms with Gasteiger partial charge in [0.25, 0.3) is 0 Å². The Hall–Kier alpha value is -0.830. The zero-order valence-corrected chi connectivity index (χ0v) is 12.6. The van der Waals surface area contributed by atoms with Crippen LogP contribution in [0, 0.1) is 0 Å². The van der Waals surface area contributed by atoms with Gasteiger partial charge in [0.2, 0.25) is 0 Å². The lowest BCUT2D eigenvalue weighted by Gasteiger charge is -2.29. The molecule has 0 radical (unpaired) electrons. The maximum Gasteiger partial charge on any atom is 0.0670 e. The molecule has 0 heterocycles. The summed E-state index contributed by atoms with van der Waals surface area (Å²) in [6, 6.07) is 8.24. The van der Waals surface area contributed by atoms with E-state index < -0.39 is 0 Å². The second-order valence-corrected chi connectivity index (χ2v) is 5.54. The molecule has 0 spiro atoms. The van der Waals surface area contributed by atoms with E-state index in [9.17, 15) is 5.11 Å². The highest BCUT2D eigenvalue weighted by Crippen LogP contribution is 2.18. The highest BCUT2D eigenvalue weighted by molar-refractivity contribution is 6.31. The summed E-state index contributed by atoms with van der Waals surface area (Å²) in [5.74, 6) is 0. The Kier molecular flexibility index (Phi) is 7.14. The summed E-state index contributed by atoms with van der Waals surface area (Å²) in [5.41, 5.74) is 1.11. The molecule has 0 saturated heterocycles. The van der Waals surface area contributed by atoms with Crippen molar-refractivity contribution in [3.63, 3.8) is 0 Å². The van der Waals surface area contributed by atoms with Crippen LogP contribution in [-0.2, 0) is 6.54 Å². The summed E-state index contributed by atoms with van der Waals surface area (Å²) in [6.45, 7) is 9.39. The first kappa shape index (κ1) is 16.2. The fraction of sp³-hybridized carbons (Fsp3) is 0.500. The average molecular weight is 282 g/mol. The third kappa shape index (κ3) is 5.77. The van der Waals surface area contributed by atoms with Crippen molar-refractivity contribution in [2.75, 3.05) is 6.54 Å². The molecule has 0 fully saturated rings. The molecule has 3 heteroatoms. The van der Waals surface area contributed by atoms with Crippen molar-refractivity contribution in [1.29, 1.82) is 0 Å². The number of hydrogen-bond acceptors (Lipinski definition) is 2. The van der Waals surface area contributed by atoms with Gasteiger partial charge in [0.1, 0.15) is 0 Å². The first-order chi connectivity index (χ1) is 9.04. The number of hydrogen-bond donors (Lipinski definition) is 1. The van der Waals surface area contributed by atoms with Gasteiger partial charge in [-0.15, -0.1) is 6.58 Å². The maximum absolute atomic E-state index is 10.0. The van der Waals surface area contributed by atoms with Gasteiger partial charge in [0.15, 0.2) is 0 Å². The molecule has 1 aromatic carbocycles. The molecule has 1 aromatic rings. The fourth-order valence-corrected chi connectivity index (χ4v) is 2.17. The molecule has 2 nitrogen and oxygen atoms in total. The van der Waals surface area contributed by atoms with E-state index in [0.717, 1.165) is 30.0 Å². The van der Waals surface area contributed by atoms with Gasteiger partial charge in [0, 0.05) is 24.2 Å². The van der Waals surface area contributed by atoms with E-state index in [0.29, 0.717) is 12.6 Å². The molecular formula is C16H24ClNO. The summed E-state index contributed by atoms with van der Waals surface area (Å²) in [6.07, 6.45) is 3.13. The number of halogens is 1. The summed E-state index contributed by atoms with van der Waals surface area (Å²) >= 11 is 6.19. The van der Waals surface area contributed by atoms with Gasteiger partial charge in [-0.3, -0.25) is 4.90 Å². The summed E-state index contributed by atoms with van der Waals surface area (Å²) in [7, 11) is 0. The predicted octanol–water partition coefficient (Wildman–Crippen LogP) is 3.88. The zero-order chi connectivity index (χ0) is 14.3. The van der Waals surface area contributed by atoms with Crippen molar-refractivity contribution >= 4 is 11.6 Å². The van der Waals surface area contributed by atoms with Crippen LogP contribution < -0.4 is 0 Å². The first-order valence-corrected chi connectivity index (χ1v) is 7.18. The van der Waals surface area contributed by atoms with Crippen molar-refractivity contribution in [1.82, 2.24) is 4.90 Å². The number of nitrogens with zero attached hydrogens (tertiary/aromatic N) is 1. The molecule has 1 atom stereocenters. The lowest BCUT2D eigenvalue weighted by atomic mass is 10.1. The summed E-state index contributed by atoms with van der Waals surface area (Å²) < 4.78 is 0. The van der Waals surface area contributed by atoms with E-state index in [1.165, 1.54) is 0 Å². The quantitative estimate of drug-likeness (QED) is 0.731. The molecule has 19 heavy (non-hydrogen) atoms. The normalized spacial score (nSPS) is 12.9. The number of aliphatic hydroxyl groups excluding tert-OH is 1. The Labute approximate surface area is 121 Å². The molecule has 1 unspecified atom stereocenters. The van der Waals surface area contributed by atoms with Crippen LogP contribution in [0.4, 0.5) is 0 Å². The number of aliphatic hydroxyl groups is 1. The fourth-order valence-electron chi connectivity index (χ4n) is 1.98. The molecule has 0 aliphatic carbocycles. The lowest BCUT2D eigenvalue weighted by molar-refractivity contribution is 0.0855. The molecular weight excluding hydrogens is 258 g/mol. The molecule has 0 amide bonds. The van der Waals surface area contributed by atoms with Gasteiger partial charge in [-0.05, 0) is 38.3 Å². The van der Waals surface area contributed by atoms with Gasteiger partial charge in [-0.25, -0.2) is 0 Å². The Morgan fingerprint density at radius 1 is 1.37 bits per heavy atom. The van der Waals surface area contributed by atoms with E-state index >= 15 is 0 Å². The highest BCUT2D eigenvalue weighted by atomic mass is 35.5. The minimum absolute atomic E-state index is 0.317. The minimum Gasteiger partial charge on any atom is -0.392 e. The topological polar surface area (TPSA) is 23.5 Å². The van der Waals surface area contributed by atoms with Crippen LogP contribution in [0.2, 0.25) is 5.02 Å². The van der Waals surface area contributed by atoms with E-state index in [1.807, 2.05) is 30.3 Å². The third-order valence-electron chi connectivity index (χ3n) is 3.21. The second kappa shape index (κ2) is 8.36. The molecule has 0 aromatic heterocycles. The Morgan fingerprint density at radius 2 is 2.05 bits per heavy atom. The molecule has 0 bridgehead atoms. The van der Waals surface area contributed by atoms with Crippen molar-refractivity contribution in [2.45, 2.75) is 45.4 Å². The average Bonchev–Trinajstić information content (AvgIpc) is 2.38. The largest absolute Gasteiger partial charge is 0.392 e. The van der Waals surface area contributed by atoms with Crippen molar-refractivity contribution < 1.29 is 5.11 Å². The van der Waals surface area contributed by atoms with Crippen molar-refractivity contribution in [3.8, 4) is 0 Å². The Balaban J connectivity index is 2.63. The lowest BCUT2D eigenvalue weighted by Crippen LogP contribution is -2.37. The van der Waals surface area contributed by atoms with Gasteiger partial charge in [-0.1, -0.05) is 35.9 Å². The van der Waals surface area contributed by atoms with Crippen molar-refractivity contribution in [3.05, 3.63) is 47.5 Å². The van der Waals surface area contributed by atoms with E-state index in [4.69, 9.17) is 11.6 Å². The SMILES string of the molecule is C=CCCC(O)CN(Cc1ccccc1Cl)C(C)C. The Bertz CT molecular complexity index is 392. The molecule has 0 aliphatic rings. The van der Waals surface area contributed by atoms with Crippen LogP contribution in [0.5, 0.6) is 0 Å². The molecule has 1 rings (SSSR count). The van der Waals surface area contributed by atoms with Crippen LogP contribution in [0.1, 0.15) is 32.3 Å². The predicted molar refractivity (Wildman–Crippen MR) is 82.4 cm³/mol. The monoisotopic (exact) mass is 281 g/mol. The van der Waals surface area contributed by atoms with Crippen molar-refractivity contribution in [2.24, 2.45) is 0 Å². The van der Waals surface area contributed by atoms with Crippen LogP contribution in [0.25, 0.3) is 0 Å². The van der Waals surface area contributed by atoms with E-state index in [2.05, 4.69) is 25.3 Å². The van der Waals surface area contributed by atoms with E-state index in [-0.39, 0.29) is 6.10 Å². The maximum atomic E-state index is 10.0. The minimum atomic E-state index is -0.317. The number of allylic oxidation sites excluding steroid dienone is 1. The molecule has 1 N–H and O–H groups in total. The number of rotatable bonds is 8. The smallest absolute Gasteiger partial charge is 0.0670 e. The van der Waals surface area contributed by atoms with Gasteiger partial charge in [0.05, 0.1) is 6.10 Å². The zero-order valence-electron chi connectivity index (χ0n) is 11.8. The van der Waals surface area contributed by atoms with Gasteiger partial charge >= 0.3 is 0 Å². The second-order valence-electron chi connectivity index (χ2n) is 5.13. The van der Waals surface area contributed by atoms with Crippen LogP contribution in [0.15, 0.2) is 36.9 Å². The van der Waals surface area contributed by atoms with Gasteiger partial charge in [-0.2, -0.15) is 0 Å². The standard InChI is InChI=1S/C16H24ClNO/c1-4-5-9-15(19)12-18(13(2)3)11-14-8-6-7-10-16(14)17/h4,6-8,10,13,15,19H,1,5,9,11-12H2,2-3H3. The molecule has 0 saturated carbocycles.